The van der Waals surface area contributed by atoms with Crippen LogP contribution in [0.15, 0.2) is 18.2 Å². The molecule has 0 unspecified atom stereocenters. The first-order valence-corrected chi connectivity index (χ1v) is 5.35. The van der Waals surface area contributed by atoms with Crippen LogP contribution in [0, 0.1) is 14.9 Å². The molecule has 1 aromatic carbocycles. The lowest BCUT2D eigenvalue weighted by Gasteiger charge is -2.03. The Balaban J connectivity index is 2.76. The zero-order valence-corrected chi connectivity index (χ0v) is 10.2. The number of nitrogens with one attached hydrogen (secondary N) is 1. The molecule has 17 heavy (non-hydrogen) atoms. The van der Waals surface area contributed by atoms with Crippen LogP contribution in [0.5, 0.6) is 0 Å². The fraction of sp³-hybridized carbons (Fsp3) is 0.111. The van der Waals surface area contributed by atoms with Crippen LogP contribution in [0.3, 0.4) is 0 Å². The van der Waals surface area contributed by atoms with E-state index in [1.54, 1.807) is 23.7 Å². The summed E-state index contributed by atoms with van der Waals surface area (Å²) >= 11 is 10.8. The van der Waals surface area contributed by atoms with E-state index in [9.17, 15) is 10.1 Å². The van der Waals surface area contributed by atoms with Gasteiger partial charge in [0.1, 0.15) is 5.02 Å². The van der Waals surface area contributed by atoms with Crippen molar-refractivity contribution in [2.75, 3.05) is 0 Å². The summed E-state index contributed by atoms with van der Waals surface area (Å²) in [5.41, 5.74) is 0.156. The molecule has 0 aliphatic heterocycles. The van der Waals surface area contributed by atoms with Crippen LogP contribution < -0.4 is 0 Å². The Morgan fingerprint density at radius 1 is 1.59 bits per heavy atom. The number of rotatable bonds is 2. The van der Waals surface area contributed by atoms with Crippen LogP contribution in [-0.2, 0) is 7.05 Å². The number of aromatic amines is 1. The highest BCUT2D eigenvalue weighted by Gasteiger charge is 2.22. The van der Waals surface area contributed by atoms with Gasteiger partial charge in [0.2, 0.25) is 0 Å². The van der Waals surface area contributed by atoms with Crippen LogP contribution in [0.4, 0.5) is 5.69 Å². The molecular formula is C9H7ClN4O2S. The number of halogens is 1. The largest absolute Gasteiger partial charge is 0.303 e. The third-order valence-electron chi connectivity index (χ3n) is 2.29. The number of nitro benzene ring substituents is 1. The second kappa shape index (κ2) is 4.27. The van der Waals surface area contributed by atoms with Gasteiger partial charge in [-0.1, -0.05) is 17.7 Å². The molecule has 1 aromatic heterocycles. The average molecular weight is 271 g/mol. The Morgan fingerprint density at radius 2 is 2.29 bits per heavy atom. The Morgan fingerprint density at radius 3 is 2.82 bits per heavy atom. The minimum absolute atomic E-state index is 0.0708. The smallest absolute Gasteiger partial charge is 0.298 e. The zero-order valence-electron chi connectivity index (χ0n) is 8.68. The van der Waals surface area contributed by atoms with Crippen LogP contribution >= 0.6 is 23.8 Å². The number of aromatic nitrogens is 3. The van der Waals surface area contributed by atoms with Gasteiger partial charge in [0.25, 0.3) is 5.69 Å². The van der Waals surface area contributed by atoms with Gasteiger partial charge >= 0.3 is 0 Å². The van der Waals surface area contributed by atoms with Gasteiger partial charge in [-0.25, -0.2) is 0 Å². The molecule has 0 bridgehead atoms. The van der Waals surface area contributed by atoms with Crippen molar-refractivity contribution in [2.24, 2.45) is 7.05 Å². The lowest BCUT2D eigenvalue weighted by molar-refractivity contribution is -0.384. The van der Waals surface area contributed by atoms with Gasteiger partial charge in [-0.3, -0.25) is 15.2 Å². The average Bonchev–Trinajstić information content (AvgIpc) is 2.59. The van der Waals surface area contributed by atoms with Crippen LogP contribution in [0.1, 0.15) is 0 Å². The second-order valence-corrected chi connectivity index (χ2v) is 4.10. The highest BCUT2D eigenvalue weighted by atomic mass is 35.5. The monoisotopic (exact) mass is 270 g/mol. The molecule has 0 aliphatic rings. The highest BCUT2D eigenvalue weighted by molar-refractivity contribution is 7.71. The van der Waals surface area contributed by atoms with Gasteiger partial charge in [0.05, 0.1) is 10.5 Å². The van der Waals surface area contributed by atoms with E-state index >= 15 is 0 Å². The Hall–Kier alpha value is -1.73. The van der Waals surface area contributed by atoms with Gasteiger partial charge in [-0.2, -0.15) is 5.10 Å². The topological polar surface area (TPSA) is 76.8 Å². The molecule has 0 atom stereocenters. The van der Waals surface area contributed by atoms with E-state index in [0.717, 1.165) is 0 Å². The van der Waals surface area contributed by atoms with Crippen molar-refractivity contribution in [2.45, 2.75) is 0 Å². The van der Waals surface area contributed by atoms with Crippen molar-refractivity contribution in [3.05, 3.63) is 38.1 Å². The molecule has 0 radical (unpaired) electrons. The maximum absolute atomic E-state index is 11.0. The Bertz CT molecular complexity index is 649. The van der Waals surface area contributed by atoms with Crippen molar-refractivity contribution in [1.82, 2.24) is 14.8 Å². The molecular weight excluding hydrogens is 264 g/mol. The summed E-state index contributed by atoms with van der Waals surface area (Å²) < 4.78 is 1.93. The van der Waals surface area contributed by atoms with Gasteiger partial charge in [-0.05, 0) is 24.4 Å². The van der Waals surface area contributed by atoms with Crippen LogP contribution in [0.25, 0.3) is 11.4 Å². The molecule has 0 amide bonds. The van der Waals surface area contributed by atoms with Gasteiger partial charge in [-0.15, -0.1) is 0 Å². The van der Waals surface area contributed by atoms with E-state index in [2.05, 4.69) is 10.2 Å². The number of H-pyrrole nitrogens is 1. The third-order valence-corrected chi connectivity index (χ3v) is 2.96. The van der Waals surface area contributed by atoms with Crippen molar-refractivity contribution in [3.8, 4) is 11.4 Å². The molecule has 0 spiro atoms. The first-order valence-electron chi connectivity index (χ1n) is 4.57. The molecule has 1 N–H and O–H groups in total. The zero-order chi connectivity index (χ0) is 12.6. The fourth-order valence-corrected chi connectivity index (χ4v) is 1.84. The number of nitro groups is 1. The standard InChI is InChI=1S/C9H7ClN4O2S/c1-13-8(11-12-9(13)17)5-3-2-4-6(10)7(5)14(15)16/h2-4H,1H3,(H,12,17). The number of hydrogen-bond acceptors (Lipinski definition) is 4. The molecule has 0 saturated heterocycles. The van der Waals surface area contributed by atoms with Gasteiger partial charge in [0.15, 0.2) is 10.6 Å². The Kier molecular flexibility index (Phi) is 2.95. The summed E-state index contributed by atoms with van der Waals surface area (Å²) in [4.78, 5) is 10.4. The number of hydrogen-bond donors (Lipinski definition) is 1. The van der Waals surface area contributed by atoms with Crippen LogP contribution in [0.2, 0.25) is 5.02 Å². The molecule has 2 aromatic rings. The summed E-state index contributed by atoms with van der Waals surface area (Å²) in [7, 11) is 1.67. The normalized spacial score (nSPS) is 10.5. The van der Waals surface area contributed by atoms with E-state index in [-0.39, 0.29) is 10.7 Å². The maximum atomic E-state index is 11.0. The molecule has 88 valence electrons. The SMILES string of the molecule is Cn1c(-c2cccc(Cl)c2[N+](=O)[O-])n[nH]c1=S. The number of para-hydroxylation sites is 1. The highest BCUT2D eigenvalue weighted by Crippen LogP contribution is 2.34. The molecule has 0 aliphatic carbocycles. The van der Waals surface area contributed by atoms with Crippen molar-refractivity contribution in [1.29, 1.82) is 0 Å². The predicted octanol–water partition coefficient (Wildman–Crippen LogP) is 2.71. The maximum Gasteiger partial charge on any atom is 0.298 e. The minimum atomic E-state index is -0.532. The summed E-state index contributed by atoms with van der Waals surface area (Å²) in [5.74, 6) is 0.379. The summed E-state index contributed by atoms with van der Waals surface area (Å²) in [6.45, 7) is 0. The summed E-state index contributed by atoms with van der Waals surface area (Å²) in [6, 6.07) is 4.67. The fourth-order valence-electron chi connectivity index (χ4n) is 1.47. The second-order valence-electron chi connectivity index (χ2n) is 3.30. The molecule has 2 rings (SSSR count). The van der Waals surface area contributed by atoms with Crippen molar-refractivity contribution >= 4 is 29.5 Å². The molecule has 0 saturated carbocycles. The summed E-state index contributed by atoms with van der Waals surface area (Å²) in [5, 5.41) is 17.6. The first kappa shape index (κ1) is 11.7. The molecule has 0 fully saturated rings. The third kappa shape index (κ3) is 1.94. The van der Waals surface area contributed by atoms with E-state index < -0.39 is 4.92 Å². The molecule has 6 nitrogen and oxygen atoms in total. The lowest BCUT2D eigenvalue weighted by atomic mass is 10.1. The van der Waals surface area contributed by atoms with E-state index in [4.69, 9.17) is 23.8 Å². The molecule has 8 heteroatoms. The van der Waals surface area contributed by atoms with E-state index in [0.29, 0.717) is 16.2 Å². The quantitative estimate of drug-likeness (QED) is 0.517. The van der Waals surface area contributed by atoms with E-state index in [1.165, 1.54) is 6.07 Å². The Labute approximate surface area is 106 Å². The summed E-state index contributed by atoms with van der Waals surface area (Å²) in [6.07, 6.45) is 0. The van der Waals surface area contributed by atoms with Gasteiger partial charge < -0.3 is 4.57 Å². The minimum Gasteiger partial charge on any atom is -0.303 e. The lowest BCUT2D eigenvalue weighted by Crippen LogP contribution is -1.98. The van der Waals surface area contributed by atoms with Gasteiger partial charge in [0, 0.05) is 7.05 Å². The van der Waals surface area contributed by atoms with Crippen molar-refractivity contribution < 1.29 is 4.92 Å². The van der Waals surface area contributed by atoms with E-state index in [1.807, 2.05) is 0 Å². The number of nitrogens with zero attached hydrogens (tertiary/aromatic N) is 3. The number of benzene rings is 1. The molecule has 1 heterocycles. The van der Waals surface area contributed by atoms with Crippen molar-refractivity contribution in [3.63, 3.8) is 0 Å². The predicted molar refractivity (Wildman–Crippen MR) is 65.5 cm³/mol. The first-order chi connectivity index (χ1) is 8.02. The van der Waals surface area contributed by atoms with Crippen LogP contribution in [-0.4, -0.2) is 19.7 Å².